The number of aliphatic carboxylic acids is 1. The van der Waals surface area contributed by atoms with Crippen LogP contribution in [-0.4, -0.2) is 40.6 Å². The fourth-order valence-corrected chi connectivity index (χ4v) is 2.29. The van der Waals surface area contributed by atoms with Crippen molar-refractivity contribution in [2.75, 3.05) is 13.7 Å². The van der Waals surface area contributed by atoms with E-state index in [1.165, 1.54) is 19.2 Å². The first kappa shape index (κ1) is 15.2. The second kappa shape index (κ2) is 6.53. The molecule has 21 heavy (non-hydrogen) atoms. The molecule has 0 bridgehead atoms. The van der Waals surface area contributed by atoms with Crippen LogP contribution in [0.2, 0.25) is 0 Å². The van der Waals surface area contributed by atoms with Crippen LogP contribution in [0.3, 0.4) is 0 Å². The van der Waals surface area contributed by atoms with Gasteiger partial charge in [0.1, 0.15) is 5.75 Å². The molecule has 0 unspecified atom stereocenters. The zero-order valence-electron chi connectivity index (χ0n) is 11.8. The smallest absolute Gasteiger partial charge is 0.304 e. The molecule has 7 heteroatoms. The fourth-order valence-electron chi connectivity index (χ4n) is 2.29. The molecule has 114 valence electrons. The summed E-state index contributed by atoms with van der Waals surface area (Å²) >= 11 is 0. The van der Waals surface area contributed by atoms with Crippen LogP contribution in [0, 0.1) is 10.1 Å². The van der Waals surface area contributed by atoms with Gasteiger partial charge in [0, 0.05) is 36.8 Å². The lowest BCUT2D eigenvalue weighted by molar-refractivity contribution is -0.385. The second-order valence-corrected chi connectivity index (χ2v) is 5.10. The number of benzene rings is 1. The first-order valence-corrected chi connectivity index (χ1v) is 6.78. The van der Waals surface area contributed by atoms with Gasteiger partial charge in [-0.25, -0.2) is 0 Å². The van der Waals surface area contributed by atoms with Crippen molar-refractivity contribution in [2.45, 2.75) is 31.8 Å². The van der Waals surface area contributed by atoms with Crippen molar-refractivity contribution >= 4 is 11.7 Å². The van der Waals surface area contributed by atoms with E-state index in [2.05, 4.69) is 4.90 Å². The van der Waals surface area contributed by atoms with Gasteiger partial charge in [-0.1, -0.05) is 0 Å². The lowest BCUT2D eigenvalue weighted by Crippen LogP contribution is -2.28. The Morgan fingerprint density at radius 2 is 2.24 bits per heavy atom. The molecule has 0 radical (unpaired) electrons. The molecule has 1 N–H and O–H groups in total. The lowest BCUT2D eigenvalue weighted by Gasteiger charge is -2.22. The van der Waals surface area contributed by atoms with E-state index in [4.69, 9.17) is 9.84 Å². The van der Waals surface area contributed by atoms with Crippen molar-refractivity contribution in [3.05, 3.63) is 33.9 Å². The quantitative estimate of drug-likeness (QED) is 0.582. The summed E-state index contributed by atoms with van der Waals surface area (Å²) in [6, 6.07) is 4.85. The summed E-state index contributed by atoms with van der Waals surface area (Å²) in [5, 5.41) is 19.7. The number of ether oxygens (including phenoxy) is 1. The highest BCUT2D eigenvalue weighted by molar-refractivity contribution is 5.66. The normalized spacial score (nSPS) is 14.2. The fraction of sp³-hybridized carbons (Fsp3) is 0.500. The Balaban J connectivity index is 2.16. The van der Waals surface area contributed by atoms with E-state index in [9.17, 15) is 14.9 Å². The number of carboxylic acid groups (broad SMARTS) is 1. The van der Waals surface area contributed by atoms with Crippen molar-refractivity contribution in [1.82, 2.24) is 4.90 Å². The van der Waals surface area contributed by atoms with Crippen LogP contribution < -0.4 is 4.74 Å². The number of carboxylic acids is 1. The molecule has 1 aliphatic rings. The predicted octanol–water partition coefficient (Wildman–Crippen LogP) is 2.04. The number of methoxy groups -OCH3 is 1. The molecule has 1 aromatic carbocycles. The van der Waals surface area contributed by atoms with E-state index in [0.29, 0.717) is 30.4 Å². The van der Waals surface area contributed by atoms with Crippen molar-refractivity contribution < 1.29 is 19.6 Å². The number of non-ortho nitro benzene ring substituents is 1. The third kappa shape index (κ3) is 4.16. The molecule has 0 atom stereocenters. The van der Waals surface area contributed by atoms with E-state index in [1.807, 2.05) is 0 Å². The average molecular weight is 294 g/mol. The molecule has 1 aromatic rings. The van der Waals surface area contributed by atoms with E-state index in [-0.39, 0.29) is 12.1 Å². The molecule has 0 amide bonds. The third-order valence-electron chi connectivity index (χ3n) is 3.52. The molecule has 2 rings (SSSR count). The number of carbonyl (C=O) groups is 1. The van der Waals surface area contributed by atoms with Gasteiger partial charge in [0.25, 0.3) is 5.69 Å². The minimum absolute atomic E-state index is 0.0137. The Kier molecular flexibility index (Phi) is 4.74. The van der Waals surface area contributed by atoms with Crippen molar-refractivity contribution in [1.29, 1.82) is 0 Å². The highest BCUT2D eigenvalue weighted by atomic mass is 16.6. The minimum atomic E-state index is -0.841. The standard InChI is InChI=1S/C14H18N2O5/c1-21-13-5-4-12(16(19)20)8-10(13)9-15(11-2-3-11)7-6-14(17)18/h4-5,8,11H,2-3,6-7,9H2,1H3,(H,17,18). The van der Waals surface area contributed by atoms with Crippen LogP contribution in [0.1, 0.15) is 24.8 Å². The van der Waals surface area contributed by atoms with Gasteiger partial charge in [0.05, 0.1) is 18.5 Å². The number of nitro benzene ring substituents is 1. The molecule has 1 aliphatic carbocycles. The highest BCUT2D eigenvalue weighted by Crippen LogP contribution is 2.31. The first-order chi connectivity index (χ1) is 10.0. The predicted molar refractivity (Wildman–Crippen MR) is 75.3 cm³/mol. The van der Waals surface area contributed by atoms with Crippen molar-refractivity contribution in [2.24, 2.45) is 0 Å². The van der Waals surface area contributed by atoms with Crippen LogP contribution in [0.5, 0.6) is 5.75 Å². The molecule has 0 heterocycles. The highest BCUT2D eigenvalue weighted by Gasteiger charge is 2.30. The summed E-state index contributed by atoms with van der Waals surface area (Å²) in [7, 11) is 1.52. The van der Waals surface area contributed by atoms with Gasteiger partial charge in [-0.2, -0.15) is 0 Å². The molecule has 0 saturated heterocycles. The molecule has 7 nitrogen and oxygen atoms in total. The SMILES string of the molecule is COc1ccc([N+](=O)[O-])cc1CN(CCC(=O)O)C1CC1. The van der Waals surface area contributed by atoms with Crippen LogP contribution in [-0.2, 0) is 11.3 Å². The van der Waals surface area contributed by atoms with Gasteiger partial charge in [0.15, 0.2) is 0 Å². The Bertz CT molecular complexity index is 542. The van der Waals surface area contributed by atoms with Crippen LogP contribution in [0.4, 0.5) is 5.69 Å². The van der Waals surface area contributed by atoms with Gasteiger partial charge in [-0.3, -0.25) is 19.8 Å². The van der Waals surface area contributed by atoms with Crippen LogP contribution >= 0.6 is 0 Å². The number of rotatable bonds is 8. The first-order valence-electron chi connectivity index (χ1n) is 6.78. The van der Waals surface area contributed by atoms with Gasteiger partial charge in [-0.15, -0.1) is 0 Å². The van der Waals surface area contributed by atoms with Crippen molar-refractivity contribution in [3.63, 3.8) is 0 Å². The van der Waals surface area contributed by atoms with Gasteiger partial charge >= 0.3 is 5.97 Å². The topological polar surface area (TPSA) is 92.9 Å². The Labute approximate surface area is 122 Å². The summed E-state index contributed by atoms with van der Waals surface area (Å²) in [6.07, 6.45) is 2.14. The second-order valence-electron chi connectivity index (χ2n) is 5.10. The molecular formula is C14H18N2O5. The Morgan fingerprint density at radius 3 is 2.76 bits per heavy atom. The summed E-state index contributed by atoms with van der Waals surface area (Å²) in [6.45, 7) is 0.897. The third-order valence-corrected chi connectivity index (χ3v) is 3.52. The monoisotopic (exact) mass is 294 g/mol. The van der Waals surface area contributed by atoms with E-state index in [0.717, 1.165) is 12.8 Å². The molecule has 0 spiro atoms. The lowest BCUT2D eigenvalue weighted by atomic mass is 10.1. The number of nitrogens with zero attached hydrogens (tertiary/aromatic N) is 2. The molecule has 1 fully saturated rings. The Morgan fingerprint density at radius 1 is 1.52 bits per heavy atom. The molecular weight excluding hydrogens is 276 g/mol. The summed E-state index contributed by atoms with van der Waals surface area (Å²) in [4.78, 5) is 23.2. The van der Waals surface area contributed by atoms with E-state index < -0.39 is 10.9 Å². The largest absolute Gasteiger partial charge is 0.496 e. The summed E-state index contributed by atoms with van der Waals surface area (Å²) in [5.74, 6) is -0.256. The minimum Gasteiger partial charge on any atom is -0.496 e. The van der Waals surface area contributed by atoms with Crippen LogP contribution in [0.25, 0.3) is 0 Å². The van der Waals surface area contributed by atoms with E-state index >= 15 is 0 Å². The maximum atomic E-state index is 10.9. The number of hydrogen-bond acceptors (Lipinski definition) is 5. The average Bonchev–Trinajstić information content (AvgIpc) is 3.27. The van der Waals surface area contributed by atoms with Gasteiger partial charge in [0.2, 0.25) is 0 Å². The number of hydrogen-bond donors (Lipinski definition) is 1. The molecule has 0 aromatic heterocycles. The zero-order valence-corrected chi connectivity index (χ0v) is 11.8. The van der Waals surface area contributed by atoms with Gasteiger partial charge < -0.3 is 9.84 Å². The summed E-state index contributed by atoms with van der Waals surface area (Å²) in [5.41, 5.74) is 0.726. The Hall–Kier alpha value is -2.15. The zero-order chi connectivity index (χ0) is 15.4. The van der Waals surface area contributed by atoms with E-state index in [1.54, 1.807) is 6.07 Å². The molecule has 1 saturated carbocycles. The van der Waals surface area contributed by atoms with Crippen molar-refractivity contribution in [3.8, 4) is 5.75 Å². The van der Waals surface area contributed by atoms with Crippen LogP contribution in [0.15, 0.2) is 18.2 Å². The maximum Gasteiger partial charge on any atom is 0.304 e. The summed E-state index contributed by atoms with van der Waals surface area (Å²) < 4.78 is 5.24. The molecule has 0 aliphatic heterocycles. The number of nitro groups is 1. The maximum absolute atomic E-state index is 10.9. The van der Waals surface area contributed by atoms with Gasteiger partial charge in [-0.05, 0) is 18.9 Å².